The summed E-state index contributed by atoms with van der Waals surface area (Å²) >= 11 is 11.9. The largest absolute Gasteiger partial charge is 0.493 e. The molecule has 0 atom stereocenters. The number of methoxy groups -OCH3 is 1. The number of aryl methyl sites for hydroxylation is 2. The second-order valence-electron chi connectivity index (χ2n) is 6.72. The molecule has 0 saturated carbocycles. The van der Waals surface area contributed by atoms with Gasteiger partial charge in [0, 0.05) is 0 Å². The zero-order chi connectivity index (χ0) is 22.6. The van der Waals surface area contributed by atoms with Crippen LogP contribution in [0.25, 0.3) is 0 Å². The lowest BCUT2D eigenvalue weighted by Gasteiger charge is -2.13. The number of benzene rings is 3. The Labute approximate surface area is 191 Å². The smallest absolute Gasteiger partial charge is 0.339 e. The first kappa shape index (κ1) is 22.9. The van der Waals surface area contributed by atoms with Crippen LogP contribution in [0, 0.1) is 13.8 Å². The number of rotatable bonds is 7. The van der Waals surface area contributed by atoms with E-state index < -0.39 is 10.1 Å². The Balaban J connectivity index is 1.79. The van der Waals surface area contributed by atoms with Gasteiger partial charge in [0.05, 0.1) is 29.1 Å². The third kappa shape index (κ3) is 5.70. The van der Waals surface area contributed by atoms with E-state index in [-0.39, 0.29) is 16.4 Å². The summed E-state index contributed by atoms with van der Waals surface area (Å²) in [6, 6.07) is 15.0. The molecular weight excluding hydrogens is 459 g/mol. The summed E-state index contributed by atoms with van der Waals surface area (Å²) in [5, 5.41) is 5.00. The number of hydrogen-bond acceptors (Lipinski definition) is 6. The molecule has 0 fully saturated rings. The molecule has 0 radical (unpaired) electrons. The van der Waals surface area contributed by atoms with Crippen molar-refractivity contribution in [2.75, 3.05) is 12.5 Å². The van der Waals surface area contributed by atoms with Gasteiger partial charge in [-0.25, -0.2) is 0 Å². The Kier molecular flexibility index (Phi) is 7.10. The highest BCUT2D eigenvalue weighted by atomic mass is 35.5. The lowest BCUT2D eigenvalue weighted by Crippen LogP contribution is -2.12. The molecule has 0 aliphatic rings. The Morgan fingerprint density at radius 2 is 1.71 bits per heavy atom. The molecule has 0 unspecified atom stereocenters. The summed E-state index contributed by atoms with van der Waals surface area (Å²) in [5.74, 6) is 0.338. The van der Waals surface area contributed by atoms with Gasteiger partial charge in [-0.1, -0.05) is 35.3 Å². The van der Waals surface area contributed by atoms with Crippen molar-refractivity contribution in [1.82, 2.24) is 0 Å². The molecule has 0 saturated heterocycles. The van der Waals surface area contributed by atoms with E-state index in [2.05, 4.69) is 10.5 Å². The van der Waals surface area contributed by atoms with E-state index in [0.29, 0.717) is 26.9 Å². The minimum atomic E-state index is -4.02. The number of anilines is 1. The molecule has 9 heteroatoms. The molecule has 162 valence electrons. The first-order valence-corrected chi connectivity index (χ1v) is 11.3. The zero-order valence-electron chi connectivity index (χ0n) is 17.0. The maximum atomic E-state index is 12.8. The molecule has 1 N–H and O–H groups in total. The van der Waals surface area contributed by atoms with Gasteiger partial charge in [-0.05, 0) is 73.0 Å². The normalized spacial score (nSPS) is 11.5. The maximum absolute atomic E-state index is 12.8. The van der Waals surface area contributed by atoms with Crippen molar-refractivity contribution in [3.05, 3.63) is 81.3 Å². The van der Waals surface area contributed by atoms with Gasteiger partial charge in [0.1, 0.15) is 4.90 Å². The molecule has 0 aromatic heterocycles. The minimum absolute atomic E-state index is 0.0815. The fourth-order valence-electron chi connectivity index (χ4n) is 2.72. The molecule has 0 aliphatic heterocycles. The van der Waals surface area contributed by atoms with E-state index in [1.165, 1.54) is 13.2 Å². The molecule has 3 rings (SSSR count). The van der Waals surface area contributed by atoms with Gasteiger partial charge < -0.3 is 8.92 Å². The molecule has 31 heavy (non-hydrogen) atoms. The third-order valence-corrected chi connectivity index (χ3v) is 6.44. The maximum Gasteiger partial charge on any atom is 0.339 e. The van der Waals surface area contributed by atoms with Gasteiger partial charge in [-0.2, -0.15) is 13.5 Å². The molecule has 6 nitrogen and oxygen atoms in total. The second kappa shape index (κ2) is 9.60. The Bertz CT molecular complexity index is 1240. The lowest BCUT2D eigenvalue weighted by atomic mass is 10.2. The zero-order valence-corrected chi connectivity index (χ0v) is 19.3. The summed E-state index contributed by atoms with van der Waals surface area (Å²) in [6.07, 6.45) is 1.55. The average Bonchev–Trinajstić information content (AvgIpc) is 2.73. The summed E-state index contributed by atoms with van der Waals surface area (Å²) in [5.41, 5.74) is 5.59. The van der Waals surface area contributed by atoms with Crippen molar-refractivity contribution in [2.45, 2.75) is 18.7 Å². The van der Waals surface area contributed by atoms with Crippen LogP contribution in [0.2, 0.25) is 10.0 Å². The monoisotopic (exact) mass is 478 g/mol. The SMILES string of the molecule is COc1cc(C=NNc2ccc(Cl)c(Cl)c2)ccc1OS(=O)(=O)c1cc(C)ccc1C. The lowest BCUT2D eigenvalue weighted by molar-refractivity contribution is 0.390. The van der Waals surface area contributed by atoms with Gasteiger partial charge in [0.25, 0.3) is 0 Å². The number of nitrogens with zero attached hydrogens (tertiary/aromatic N) is 1. The van der Waals surface area contributed by atoms with Gasteiger partial charge in [0.2, 0.25) is 0 Å². The highest BCUT2D eigenvalue weighted by molar-refractivity contribution is 7.87. The molecule has 0 amide bonds. The van der Waals surface area contributed by atoms with Gasteiger partial charge in [-0.15, -0.1) is 0 Å². The van der Waals surface area contributed by atoms with Crippen molar-refractivity contribution in [2.24, 2.45) is 5.10 Å². The van der Waals surface area contributed by atoms with Crippen LogP contribution in [-0.4, -0.2) is 21.7 Å². The molecule has 3 aromatic carbocycles. The van der Waals surface area contributed by atoms with Gasteiger partial charge >= 0.3 is 10.1 Å². The van der Waals surface area contributed by atoms with Crippen molar-refractivity contribution >= 4 is 45.2 Å². The molecule has 0 bridgehead atoms. The Morgan fingerprint density at radius 3 is 2.42 bits per heavy atom. The van der Waals surface area contributed by atoms with Gasteiger partial charge in [0.15, 0.2) is 11.5 Å². The van der Waals surface area contributed by atoms with E-state index in [4.69, 9.17) is 32.1 Å². The number of hydrogen-bond donors (Lipinski definition) is 1. The predicted octanol–water partition coefficient (Wildman–Crippen LogP) is 5.83. The van der Waals surface area contributed by atoms with Crippen molar-refractivity contribution < 1.29 is 17.3 Å². The topological polar surface area (TPSA) is 77.0 Å². The number of nitrogens with one attached hydrogen (secondary N) is 1. The summed E-state index contributed by atoms with van der Waals surface area (Å²) in [7, 11) is -2.59. The van der Waals surface area contributed by atoms with E-state index in [0.717, 1.165) is 5.56 Å². The van der Waals surface area contributed by atoms with Crippen LogP contribution in [0.1, 0.15) is 16.7 Å². The highest BCUT2D eigenvalue weighted by Crippen LogP contribution is 2.31. The minimum Gasteiger partial charge on any atom is -0.493 e. The Hall–Kier alpha value is -2.74. The summed E-state index contributed by atoms with van der Waals surface area (Å²) < 4.78 is 36.2. The first-order chi connectivity index (χ1) is 14.7. The number of hydrazone groups is 1. The second-order valence-corrected chi connectivity index (χ2v) is 9.04. The summed E-state index contributed by atoms with van der Waals surface area (Å²) in [6.45, 7) is 3.53. The molecule has 0 heterocycles. The fourth-order valence-corrected chi connectivity index (χ4v) is 4.27. The van der Waals surface area contributed by atoms with Crippen LogP contribution in [0.3, 0.4) is 0 Å². The average molecular weight is 479 g/mol. The standard InChI is InChI=1S/C22H20Cl2N2O4S/c1-14-4-5-15(2)22(10-14)31(27,28)30-20-9-6-16(11-21(20)29-3)13-25-26-17-7-8-18(23)19(24)12-17/h4-13,26H,1-3H3. The number of halogens is 2. The predicted molar refractivity (Wildman–Crippen MR) is 124 cm³/mol. The Morgan fingerprint density at radius 1 is 0.935 bits per heavy atom. The molecule has 0 spiro atoms. The van der Waals surface area contributed by atoms with Crippen molar-refractivity contribution in [3.63, 3.8) is 0 Å². The van der Waals surface area contributed by atoms with E-state index >= 15 is 0 Å². The quantitative estimate of drug-likeness (QED) is 0.262. The number of ether oxygens (including phenoxy) is 1. The van der Waals surface area contributed by atoms with E-state index in [1.54, 1.807) is 55.6 Å². The van der Waals surface area contributed by atoms with Crippen LogP contribution >= 0.6 is 23.2 Å². The van der Waals surface area contributed by atoms with Crippen molar-refractivity contribution in [3.8, 4) is 11.5 Å². The van der Waals surface area contributed by atoms with Crippen LogP contribution in [-0.2, 0) is 10.1 Å². The fraction of sp³-hybridized carbons (Fsp3) is 0.136. The highest BCUT2D eigenvalue weighted by Gasteiger charge is 2.21. The van der Waals surface area contributed by atoms with E-state index in [9.17, 15) is 8.42 Å². The summed E-state index contributed by atoms with van der Waals surface area (Å²) in [4.78, 5) is 0.117. The van der Waals surface area contributed by atoms with Crippen LogP contribution in [0.5, 0.6) is 11.5 Å². The molecule has 3 aromatic rings. The molecular formula is C22H20Cl2N2O4S. The van der Waals surface area contributed by atoms with Crippen LogP contribution in [0.4, 0.5) is 5.69 Å². The first-order valence-electron chi connectivity index (χ1n) is 9.13. The van der Waals surface area contributed by atoms with Crippen LogP contribution < -0.4 is 14.3 Å². The van der Waals surface area contributed by atoms with Gasteiger partial charge in [-0.3, -0.25) is 5.43 Å². The van der Waals surface area contributed by atoms with Crippen LogP contribution in [0.15, 0.2) is 64.6 Å². The van der Waals surface area contributed by atoms with Crippen molar-refractivity contribution in [1.29, 1.82) is 0 Å². The van der Waals surface area contributed by atoms with E-state index in [1.807, 2.05) is 13.0 Å². The third-order valence-electron chi connectivity index (χ3n) is 4.33. The molecule has 0 aliphatic carbocycles.